The number of nitrogens with zero attached hydrogens (tertiary/aromatic N) is 2. The quantitative estimate of drug-likeness (QED) is 0.170. The van der Waals surface area contributed by atoms with Crippen LogP contribution >= 0.6 is 11.3 Å². The molecule has 57 heavy (non-hydrogen) atoms. The molecule has 0 saturated carbocycles. The number of benzene rings is 8. The third-order valence-corrected chi connectivity index (χ3v) is 13.9. The zero-order valence-corrected chi connectivity index (χ0v) is 32.9. The van der Waals surface area contributed by atoms with Crippen molar-refractivity contribution in [2.45, 2.75) is 26.2 Å². The Labute approximate surface area is 335 Å². The van der Waals surface area contributed by atoms with E-state index in [-0.39, 0.29) is 5.41 Å². The minimum absolute atomic E-state index is 0.175. The molecule has 8 aromatic carbocycles. The topological polar surface area (TPSA) is 9.86 Å². The van der Waals surface area contributed by atoms with Crippen molar-refractivity contribution in [1.29, 1.82) is 0 Å². The molecule has 0 atom stereocenters. The minimum atomic E-state index is -0.175. The largest absolute Gasteiger partial charge is 0.314 e. The molecule has 2 nitrogen and oxygen atoms in total. The molecule has 3 aromatic heterocycles. The molecule has 0 radical (unpaired) electrons. The van der Waals surface area contributed by atoms with Gasteiger partial charge < -0.3 is 9.13 Å². The van der Waals surface area contributed by atoms with Gasteiger partial charge in [-0.2, -0.15) is 0 Å². The third-order valence-electron chi connectivity index (χ3n) is 12.7. The first-order chi connectivity index (χ1) is 27.8. The van der Waals surface area contributed by atoms with E-state index < -0.39 is 0 Å². The molecule has 0 fully saturated rings. The fourth-order valence-corrected chi connectivity index (χ4v) is 11.2. The van der Waals surface area contributed by atoms with Gasteiger partial charge in [-0.1, -0.05) is 124 Å². The molecular weight excluding hydrogens is 709 g/mol. The fourth-order valence-electron chi connectivity index (χ4n) is 10.0. The standard InChI is InChI=1S/C54H38N2S/c1-32(2)55-48-17-8-5-12-40(48)44-28-33(21-26-50(44)55)34-20-24-38-39-25-23-36(31-47(39)54(3,4)46(38)30-34)56-49-18-9-6-13-41(49)45-29-35(22-27-51(45)56)37-15-11-16-43-42-14-7-10-19-52(42)57-53(37)43/h5-31H,1H2,2-4H3. The van der Waals surface area contributed by atoms with Crippen LogP contribution in [0, 0.1) is 0 Å². The van der Waals surface area contributed by atoms with E-state index in [9.17, 15) is 0 Å². The molecule has 0 saturated heterocycles. The number of allylic oxidation sites excluding steroid dienone is 1. The van der Waals surface area contributed by atoms with E-state index in [4.69, 9.17) is 0 Å². The van der Waals surface area contributed by atoms with Gasteiger partial charge in [0.05, 0.1) is 22.1 Å². The number of para-hydroxylation sites is 2. The van der Waals surface area contributed by atoms with E-state index in [1.807, 2.05) is 11.3 Å². The molecule has 0 unspecified atom stereocenters. The fraction of sp³-hybridized carbons (Fsp3) is 0.0741. The summed E-state index contributed by atoms with van der Waals surface area (Å²) in [5.74, 6) is 0. The average Bonchev–Trinajstić information content (AvgIpc) is 3.95. The summed E-state index contributed by atoms with van der Waals surface area (Å²) in [5.41, 5.74) is 17.3. The highest BCUT2D eigenvalue weighted by atomic mass is 32.1. The zero-order valence-electron chi connectivity index (χ0n) is 32.1. The summed E-state index contributed by atoms with van der Waals surface area (Å²) in [6.45, 7) is 11.2. The first-order valence-corrected chi connectivity index (χ1v) is 20.6. The lowest BCUT2D eigenvalue weighted by Gasteiger charge is -2.23. The number of fused-ring (bicyclic) bond motifs is 12. The van der Waals surface area contributed by atoms with Crippen LogP contribution < -0.4 is 0 Å². The van der Waals surface area contributed by atoms with Crippen LogP contribution in [-0.2, 0) is 5.41 Å². The Morgan fingerprint density at radius 3 is 1.86 bits per heavy atom. The number of aromatic nitrogens is 2. The second-order valence-corrected chi connectivity index (χ2v) is 17.4. The molecular formula is C54H38N2S. The third kappa shape index (κ3) is 4.52. The lowest BCUT2D eigenvalue weighted by atomic mass is 9.81. The van der Waals surface area contributed by atoms with E-state index in [1.165, 1.54) is 114 Å². The van der Waals surface area contributed by atoms with Crippen LogP contribution in [-0.4, -0.2) is 9.13 Å². The molecule has 0 aliphatic heterocycles. The van der Waals surface area contributed by atoms with Crippen molar-refractivity contribution < 1.29 is 0 Å². The summed E-state index contributed by atoms with van der Waals surface area (Å²) in [7, 11) is 0. The number of thiophene rings is 1. The SMILES string of the molecule is C=C(C)n1c2ccccc2c2cc(-c3ccc4c(c3)C(C)(C)c3cc(-n5c6ccccc6c6cc(-c7cccc8c7sc7ccccc78)ccc65)ccc3-4)ccc21. The van der Waals surface area contributed by atoms with E-state index in [2.05, 4.69) is 200 Å². The van der Waals surface area contributed by atoms with Crippen LogP contribution in [0.5, 0.6) is 0 Å². The van der Waals surface area contributed by atoms with Crippen molar-refractivity contribution in [2.24, 2.45) is 0 Å². The van der Waals surface area contributed by atoms with Crippen LogP contribution in [0.3, 0.4) is 0 Å². The van der Waals surface area contributed by atoms with Crippen molar-refractivity contribution in [3.63, 3.8) is 0 Å². The lowest BCUT2D eigenvalue weighted by Crippen LogP contribution is -2.15. The highest BCUT2D eigenvalue weighted by Gasteiger charge is 2.36. The first-order valence-electron chi connectivity index (χ1n) is 19.8. The molecule has 0 amide bonds. The maximum absolute atomic E-state index is 4.30. The van der Waals surface area contributed by atoms with E-state index in [0.717, 1.165) is 5.70 Å². The van der Waals surface area contributed by atoms with Crippen LogP contribution in [0.1, 0.15) is 31.9 Å². The summed E-state index contributed by atoms with van der Waals surface area (Å²) in [4.78, 5) is 0. The second-order valence-electron chi connectivity index (χ2n) is 16.3. The minimum Gasteiger partial charge on any atom is -0.314 e. The van der Waals surface area contributed by atoms with Gasteiger partial charge in [0.15, 0.2) is 0 Å². The monoisotopic (exact) mass is 746 g/mol. The van der Waals surface area contributed by atoms with Crippen LogP contribution in [0.4, 0.5) is 0 Å². The van der Waals surface area contributed by atoms with Crippen molar-refractivity contribution in [3.05, 3.63) is 181 Å². The molecule has 11 aromatic rings. The summed E-state index contributed by atoms with van der Waals surface area (Å²) >= 11 is 1.89. The predicted molar refractivity (Wildman–Crippen MR) is 246 cm³/mol. The molecule has 1 aliphatic rings. The van der Waals surface area contributed by atoms with Gasteiger partial charge >= 0.3 is 0 Å². The first kappa shape index (κ1) is 32.6. The summed E-state index contributed by atoms with van der Waals surface area (Å²) in [6, 6.07) is 61.2. The predicted octanol–water partition coefficient (Wildman–Crippen LogP) is 15.4. The van der Waals surface area contributed by atoms with Crippen LogP contribution in [0.2, 0.25) is 0 Å². The highest BCUT2D eigenvalue weighted by molar-refractivity contribution is 7.26. The molecule has 12 rings (SSSR count). The van der Waals surface area contributed by atoms with Crippen molar-refractivity contribution >= 4 is 80.8 Å². The maximum atomic E-state index is 4.30. The molecule has 0 spiro atoms. The maximum Gasteiger partial charge on any atom is 0.0541 e. The summed E-state index contributed by atoms with van der Waals surface area (Å²) in [6.07, 6.45) is 0. The zero-order chi connectivity index (χ0) is 38.2. The molecule has 0 bridgehead atoms. The van der Waals surface area contributed by atoms with Crippen LogP contribution in [0.15, 0.2) is 170 Å². The number of hydrogen-bond acceptors (Lipinski definition) is 1. The smallest absolute Gasteiger partial charge is 0.0541 e. The van der Waals surface area contributed by atoms with E-state index in [1.54, 1.807) is 0 Å². The Hall–Kier alpha value is -6.68. The van der Waals surface area contributed by atoms with Crippen LogP contribution in [0.25, 0.3) is 109 Å². The van der Waals surface area contributed by atoms with Crippen molar-refractivity contribution in [3.8, 4) is 39.1 Å². The van der Waals surface area contributed by atoms with Gasteiger partial charge in [-0.25, -0.2) is 0 Å². The Bertz CT molecular complexity index is 3530. The summed E-state index contributed by atoms with van der Waals surface area (Å²) < 4.78 is 7.43. The Morgan fingerprint density at radius 1 is 0.474 bits per heavy atom. The molecule has 1 aliphatic carbocycles. The normalized spacial score (nSPS) is 13.4. The molecule has 3 heterocycles. The van der Waals surface area contributed by atoms with Gasteiger partial charge in [-0.15, -0.1) is 11.3 Å². The Balaban J connectivity index is 0.969. The molecule has 270 valence electrons. The molecule has 3 heteroatoms. The molecule has 0 N–H and O–H groups in total. The Morgan fingerprint density at radius 2 is 1.04 bits per heavy atom. The Kier molecular flexibility index (Phi) is 6.67. The summed E-state index contributed by atoms with van der Waals surface area (Å²) in [5, 5.41) is 7.73. The van der Waals surface area contributed by atoms with Gasteiger partial charge in [0, 0.05) is 58.5 Å². The van der Waals surface area contributed by atoms with Crippen molar-refractivity contribution in [1.82, 2.24) is 9.13 Å². The van der Waals surface area contributed by atoms with Gasteiger partial charge in [-0.05, 0) is 112 Å². The van der Waals surface area contributed by atoms with Gasteiger partial charge in [0.1, 0.15) is 0 Å². The lowest BCUT2D eigenvalue weighted by molar-refractivity contribution is 0.660. The highest BCUT2D eigenvalue weighted by Crippen LogP contribution is 2.51. The van der Waals surface area contributed by atoms with E-state index >= 15 is 0 Å². The van der Waals surface area contributed by atoms with Gasteiger partial charge in [0.2, 0.25) is 0 Å². The second kappa shape index (κ2) is 11.7. The number of rotatable bonds is 4. The average molecular weight is 747 g/mol. The number of hydrogen-bond donors (Lipinski definition) is 0. The van der Waals surface area contributed by atoms with Crippen molar-refractivity contribution in [2.75, 3.05) is 0 Å². The van der Waals surface area contributed by atoms with Gasteiger partial charge in [-0.3, -0.25) is 0 Å². The van der Waals surface area contributed by atoms with Gasteiger partial charge in [0.25, 0.3) is 0 Å². The van der Waals surface area contributed by atoms with E-state index in [0.29, 0.717) is 0 Å².